The first-order chi connectivity index (χ1) is 15.7. The molecule has 5 aromatic rings. The maximum atomic E-state index is 14.3. The van der Waals surface area contributed by atoms with Crippen molar-refractivity contribution in [1.29, 1.82) is 0 Å². The largest absolute Gasteiger partial charge is 0.491 e. The molecule has 0 radical (unpaired) electrons. The van der Waals surface area contributed by atoms with Crippen molar-refractivity contribution >= 4 is 27.8 Å². The molecular weight excluding hydrogens is 405 g/mol. The molecule has 32 heavy (non-hydrogen) atoms. The van der Waals surface area contributed by atoms with Crippen LogP contribution in [0.25, 0.3) is 33.1 Å². The van der Waals surface area contributed by atoms with Crippen LogP contribution in [0.15, 0.2) is 60.9 Å². The molecule has 0 saturated heterocycles. The molecule has 3 heterocycles. The summed E-state index contributed by atoms with van der Waals surface area (Å²) in [6.45, 7) is 3.73. The number of H-pyrrole nitrogens is 1. The van der Waals surface area contributed by atoms with Gasteiger partial charge >= 0.3 is 0 Å². The molecule has 1 aliphatic heterocycles. The van der Waals surface area contributed by atoms with E-state index in [9.17, 15) is 4.39 Å². The second-order valence-corrected chi connectivity index (χ2v) is 7.98. The predicted molar refractivity (Wildman–Crippen MR) is 122 cm³/mol. The van der Waals surface area contributed by atoms with E-state index >= 15 is 0 Å². The average molecular weight is 425 g/mol. The van der Waals surface area contributed by atoms with Crippen LogP contribution in [0, 0.1) is 12.7 Å². The number of aromatic amines is 1. The third-order valence-corrected chi connectivity index (χ3v) is 5.87. The highest BCUT2D eigenvalue weighted by molar-refractivity contribution is 5.89. The van der Waals surface area contributed by atoms with Crippen molar-refractivity contribution in [3.05, 3.63) is 78.1 Å². The second kappa shape index (κ2) is 7.30. The fourth-order valence-corrected chi connectivity index (χ4v) is 4.36. The van der Waals surface area contributed by atoms with Crippen molar-refractivity contribution in [1.82, 2.24) is 19.9 Å². The molecule has 3 aromatic carbocycles. The Morgan fingerprint density at radius 3 is 2.84 bits per heavy atom. The minimum atomic E-state index is -0.343. The number of hydrogen-bond acceptors (Lipinski definition) is 5. The molecule has 0 bridgehead atoms. The van der Waals surface area contributed by atoms with E-state index in [4.69, 9.17) is 4.74 Å². The van der Waals surface area contributed by atoms with E-state index in [1.807, 2.05) is 25.1 Å². The number of fused-ring (bicyclic) bond motifs is 3. The Balaban J connectivity index is 1.40. The molecule has 1 N–H and O–H groups in total. The molecule has 0 atom stereocenters. The van der Waals surface area contributed by atoms with Gasteiger partial charge in [-0.2, -0.15) is 0 Å². The highest BCUT2D eigenvalue weighted by Gasteiger charge is 2.20. The highest BCUT2D eigenvalue weighted by Crippen LogP contribution is 2.33. The van der Waals surface area contributed by atoms with Crippen LogP contribution in [0.2, 0.25) is 0 Å². The van der Waals surface area contributed by atoms with Crippen LogP contribution in [0.4, 0.5) is 10.2 Å². The third-order valence-electron chi connectivity index (χ3n) is 5.87. The lowest BCUT2D eigenvalue weighted by molar-refractivity contribution is 0.331. The smallest absolute Gasteiger partial charge is 0.149 e. The first-order valence-electron chi connectivity index (χ1n) is 10.5. The number of benzene rings is 3. The second-order valence-electron chi connectivity index (χ2n) is 7.98. The van der Waals surface area contributed by atoms with Gasteiger partial charge in [0.05, 0.1) is 17.6 Å². The van der Waals surface area contributed by atoms with E-state index < -0.39 is 0 Å². The molecule has 0 saturated carbocycles. The molecule has 0 unspecified atom stereocenters. The standard InChI is InChI=1S/C25H20FN5O/c1-15-29-21-7-5-17(12-22(21)30-15)16-6-8-23-18(11-16)13-31(9-10-32-23)25-19-3-2-4-20(26)24(19)27-14-28-25/h2-8,11-12,14H,9-10,13H2,1H3,(H,29,30). The van der Waals surface area contributed by atoms with Gasteiger partial charge < -0.3 is 14.6 Å². The molecule has 7 heteroatoms. The lowest BCUT2D eigenvalue weighted by Crippen LogP contribution is -2.26. The zero-order valence-electron chi connectivity index (χ0n) is 17.5. The van der Waals surface area contributed by atoms with Crippen molar-refractivity contribution in [2.45, 2.75) is 13.5 Å². The molecule has 6 nitrogen and oxygen atoms in total. The van der Waals surface area contributed by atoms with Crippen LogP contribution in [0.5, 0.6) is 5.75 Å². The summed E-state index contributed by atoms with van der Waals surface area (Å²) in [6.07, 6.45) is 1.42. The minimum Gasteiger partial charge on any atom is -0.491 e. The number of aryl methyl sites for hydroxylation is 1. The van der Waals surface area contributed by atoms with Crippen LogP contribution in [-0.4, -0.2) is 33.1 Å². The van der Waals surface area contributed by atoms with Crippen molar-refractivity contribution in [3.8, 4) is 16.9 Å². The van der Waals surface area contributed by atoms with Crippen molar-refractivity contribution in [2.75, 3.05) is 18.1 Å². The Bertz CT molecular complexity index is 1480. The summed E-state index contributed by atoms with van der Waals surface area (Å²) >= 11 is 0. The maximum absolute atomic E-state index is 14.3. The lowest BCUT2D eigenvalue weighted by Gasteiger charge is -2.22. The molecule has 6 rings (SSSR count). The van der Waals surface area contributed by atoms with E-state index in [1.165, 1.54) is 12.4 Å². The average Bonchev–Trinajstić information content (AvgIpc) is 3.05. The molecule has 0 amide bonds. The van der Waals surface area contributed by atoms with Crippen LogP contribution in [0.1, 0.15) is 11.4 Å². The fourth-order valence-electron chi connectivity index (χ4n) is 4.36. The number of imidazole rings is 1. The van der Waals surface area contributed by atoms with Gasteiger partial charge in [-0.3, -0.25) is 0 Å². The first-order valence-corrected chi connectivity index (χ1v) is 10.5. The van der Waals surface area contributed by atoms with E-state index in [1.54, 1.807) is 6.07 Å². The van der Waals surface area contributed by atoms with Gasteiger partial charge in [0.2, 0.25) is 0 Å². The number of halogens is 1. The number of aromatic nitrogens is 4. The third kappa shape index (κ3) is 3.13. The fraction of sp³-hybridized carbons (Fsp3) is 0.160. The Labute approximate surface area is 183 Å². The summed E-state index contributed by atoms with van der Waals surface area (Å²) < 4.78 is 20.3. The summed E-state index contributed by atoms with van der Waals surface area (Å²) in [5, 5.41) is 0.701. The molecule has 0 spiro atoms. The number of rotatable bonds is 2. The molecule has 2 aromatic heterocycles. The van der Waals surface area contributed by atoms with Crippen molar-refractivity contribution < 1.29 is 9.13 Å². The Hall–Kier alpha value is -4.00. The van der Waals surface area contributed by atoms with E-state index in [0.29, 0.717) is 36.4 Å². The maximum Gasteiger partial charge on any atom is 0.149 e. The number of para-hydroxylation sites is 1. The quantitative estimate of drug-likeness (QED) is 0.430. The summed E-state index contributed by atoms with van der Waals surface area (Å²) in [6, 6.07) is 17.5. The first kappa shape index (κ1) is 18.7. The number of anilines is 1. The number of hydrogen-bond donors (Lipinski definition) is 1. The van der Waals surface area contributed by atoms with Gasteiger partial charge in [0.25, 0.3) is 0 Å². The zero-order valence-corrected chi connectivity index (χ0v) is 17.5. The van der Waals surface area contributed by atoms with Gasteiger partial charge in [-0.25, -0.2) is 19.3 Å². The topological polar surface area (TPSA) is 66.9 Å². The van der Waals surface area contributed by atoms with E-state index in [2.05, 4.69) is 49.1 Å². The Morgan fingerprint density at radius 1 is 1.03 bits per heavy atom. The van der Waals surface area contributed by atoms with Crippen LogP contribution >= 0.6 is 0 Å². The molecular formula is C25H20FN5O. The summed E-state index contributed by atoms with van der Waals surface area (Å²) in [5.41, 5.74) is 5.57. The normalized spacial score (nSPS) is 13.8. The minimum absolute atomic E-state index is 0.333. The van der Waals surface area contributed by atoms with Gasteiger partial charge in [-0.05, 0) is 54.4 Å². The number of ether oxygens (including phenoxy) is 1. The lowest BCUT2D eigenvalue weighted by atomic mass is 10.0. The monoisotopic (exact) mass is 425 g/mol. The van der Waals surface area contributed by atoms with Crippen LogP contribution in [-0.2, 0) is 6.54 Å². The molecule has 1 aliphatic rings. The SMILES string of the molecule is Cc1nc2ccc(-c3ccc4c(c3)CN(c3ncnc5c(F)cccc35)CCO4)cc2[nH]1. The van der Waals surface area contributed by atoms with Gasteiger partial charge in [0.15, 0.2) is 0 Å². The Kier molecular flexibility index (Phi) is 4.28. The number of nitrogens with zero attached hydrogens (tertiary/aromatic N) is 4. The summed E-state index contributed by atoms with van der Waals surface area (Å²) in [5.74, 6) is 2.13. The summed E-state index contributed by atoms with van der Waals surface area (Å²) in [4.78, 5) is 18.5. The van der Waals surface area contributed by atoms with Crippen molar-refractivity contribution in [3.63, 3.8) is 0 Å². The number of nitrogens with one attached hydrogen (secondary N) is 1. The highest BCUT2D eigenvalue weighted by atomic mass is 19.1. The molecule has 0 fully saturated rings. The van der Waals surface area contributed by atoms with Gasteiger partial charge in [-0.15, -0.1) is 0 Å². The van der Waals surface area contributed by atoms with Crippen LogP contribution < -0.4 is 9.64 Å². The molecule has 158 valence electrons. The zero-order chi connectivity index (χ0) is 21.7. The Morgan fingerprint density at radius 2 is 1.91 bits per heavy atom. The van der Waals surface area contributed by atoms with Gasteiger partial charge in [0.1, 0.15) is 41.7 Å². The van der Waals surface area contributed by atoms with Crippen LogP contribution in [0.3, 0.4) is 0 Å². The van der Waals surface area contributed by atoms with Gasteiger partial charge in [0, 0.05) is 17.5 Å². The summed E-state index contributed by atoms with van der Waals surface area (Å²) in [7, 11) is 0. The predicted octanol–water partition coefficient (Wildman–Crippen LogP) is 5.02. The van der Waals surface area contributed by atoms with E-state index in [-0.39, 0.29) is 5.82 Å². The molecule has 0 aliphatic carbocycles. The van der Waals surface area contributed by atoms with Gasteiger partial charge in [-0.1, -0.05) is 18.2 Å². The van der Waals surface area contributed by atoms with Crippen molar-refractivity contribution in [2.24, 2.45) is 0 Å². The van der Waals surface area contributed by atoms with E-state index in [0.717, 1.165) is 39.3 Å².